The summed E-state index contributed by atoms with van der Waals surface area (Å²) in [7, 11) is -4.13. The molecule has 9 heteroatoms. The molecule has 2 amide bonds. The molecule has 0 unspecified atom stereocenters. The van der Waals surface area contributed by atoms with E-state index in [1.165, 1.54) is 17.0 Å². The van der Waals surface area contributed by atoms with Gasteiger partial charge in [-0.05, 0) is 76.1 Å². The molecule has 202 valence electrons. The maximum Gasteiger partial charge on any atom is 0.264 e. The zero-order chi connectivity index (χ0) is 28.0. The third kappa shape index (κ3) is 6.94. The van der Waals surface area contributed by atoms with Gasteiger partial charge in [0.05, 0.1) is 10.6 Å². The maximum absolute atomic E-state index is 13.9. The Morgan fingerprint density at radius 2 is 1.63 bits per heavy atom. The van der Waals surface area contributed by atoms with Crippen LogP contribution in [0.4, 0.5) is 5.69 Å². The molecular weight excluding hydrogens is 522 g/mol. The van der Waals surface area contributed by atoms with Crippen LogP contribution in [0, 0.1) is 20.8 Å². The van der Waals surface area contributed by atoms with Crippen molar-refractivity contribution in [3.8, 4) is 0 Å². The van der Waals surface area contributed by atoms with Crippen LogP contribution < -0.4 is 9.62 Å². The molecule has 0 aliphatic heterocycles. The van der Waals surface area contributed by atoms with Crippen molar-refractivity contribution in [2.24, 2.45) is 0 Å². The molecule has 0 saturated carbocycles. The topological polar surface area (TPSA) is 86.8 Å². The van der Waals surface area contributed by atoms with Crippen molar-refractivity contribution in [1.82, 2.24) is 10.2 Å². The number of sulfonamides is 1. The van der Waals surface area contributed by atoms with E-state index in [4.69, 9.17) is 11.6 Å². The molecule has 7 nitrogen and oxygen atoms in total. The Morgan fingerprint density at radius 3 is 2.24 bits per heavy atom. The molecule has 0 saturated heterocycles. The Balaban J connectivity index is 2.07. The highest BCUT2D eigenvalue weighted by molar-refractivity contribution is 7.92. The number of carbonyl (C=O) groups is 2. The second kappa shape index (κ2) is 12.5. The van der Waals surface area contributed by atoms with Crippen molar-refractivity contribution in [2.45, 2.75) is 52.1 Å². The van der Waals surface area contributed by atoms with Crippen LogP contribution in [0.25, 0.3) is 0 Å². The number of hydrogen-bond acceptors (Lipinski definition) is 4. The molecule has 0 bridgehead atoms. The van der Waals surface area contributed by atoms with Crippen LogP contribution in [0.1, 0.15) is 36.1 Å². The fourth-order valence-electron chi connectivity index (χ4n) is 4.16. The number of amides is 2. The van der Waals surface area contributed by atoms with Crippen molar-refractivity contribution in [1.29, 1.82) is 0 Å². The number of hydrogen-bond donors (Lipinski definition) is 1. The molecule has 1 atom stereocenters. The van der Waals surface area contributed by atoms with Gasteiger partial charge in [-0.15, -0.1) is 0 Å². The van der Waals surface area contributed by atoms with Gasteiger partial charge in [0.25, 0.3) is 10.0 Å². The third-order valence-corrected chi connectivity index (χ3v) is 8.28. The maximum atomic E-state index is 13.9. The highest BCUT2D eigenvalue weighted by atomic mass is 35.5. The van der Waals surface area contributed by atoms with E-state index in [9.17, 15) is 18.0 Å². The summed E-state index contributed by atoms with van der Waals surface area (Å²) in [5.74, 6) is -0.820. The second-order valence-corrected chi connectivity index (χ2v) is 11.6. The van der Waals surface area contributed by atoms with Gasteiger partial charge >= 0.3 is 0 Å². The van der Waals surface area contributed by atoms with Crippen LogP contribution in [-0.4, -0.2) is 44.3 Å². The molecule has 3 aromatic rings. The summed E-state index contributed by atoms with van der Waals surface area (Å²) in [5, 5.41) is 3.21. The summed E-state index contributed by atoms with van der Waals surface area (Å²) in [4.78, 5) is 28.2. The van der Waals surface area contributed by atoms with Gasteiger partial charge in [0.2, 0.25) is 11.8 Å². The Morgan fingerprint density at radius 1 is 0.947 bits per heavy atom. The Hall–Kier alpha value is -3.36. The van der Waals surface area contributed by atoms with E-state index >= 15 is 0 Å². The molecule has 0 spiro atoms. The summed E-state index contributed by atoms with van der Waals surface area (Å²) < 4.78 is 28.9. The smallest absolute Gasteiger partial charge is 0.264 e. The molecule has 0 fully saturated rings. The lowest BCUT2D eigenvalue weighted by Gasteiger charge is -2.32. The van der Waals surface area contributed by atoms with Gasteiger partial charge in [-0.1, -0.05) is 59.1 Å². The zero-order valence-electron chi connectivity index (χ0n) is 22.4. The summed E-state index contributed by atoms with van der Waals surface area (Å²) in [6, 6.07) is 18.1. The van der Waals surface area contributed by atoms with Crippen LogP contribution in [0.3, 0.4) is 0 Å². The summed E-state index contributed by atoms with van der Waals surface area (Å²) >= 11 is 6.15. The Kier molecular flexibility index (Phi) is 9.57. The third-order valence-electron chi connectivity index (χ3n) is 6.27. The highest BCUT2D eigenvalue weighted by Crippen LogP contribution is 2.29. The van der Waals surface area contributed by atoms with E-state index in [2.05, 4.69) is 5.32 Å². The molecule has 0 aliphatic carbocycles. The number of carbonyl (C=O) groups excluding carboxylic acids is 2. The SMILES string of the molecule is CCNC(=O)[C@H](C)N(Cc1cccc(C)c1)C(=O)CN(c1ccc(Cl)cc1C)S(=O)(=O)c1ccc(C)cc1. The largest absolute Gasteiger partial charge is 0.355 e. The van der Waals surface area contributed by atoms with Gasteiger partial charge in [0, 0.05) is 18.1 Å². The number of anilines is 1. The number of benzene rings is 3. The molecular formula is C29H34ClN3O4S. The van der Waals surface area contributed by atoms with E-state index in [1.54, 1.807) is 51.1 Å². The number of likely N-dealkylation sites (N-methyl/N-ethyl adjacent to an activating group) is 1. The van der Waals surface area contributed by atoms with Gasteiger partial charge in [0.1, 0.15) is 12.6 Å². The molecule has 0 aliphatic rings. The van der Waals surface area contributed by atoms with E-state index in [0.717, 1.165) is 21.0 Å². The number of nitrogens with zero attached hydrogens (tertiary/aromatic N) is 2. The molecule has 0 aromatic heterocycles. The van der Waals surface area contributed by atoms with Gasteiger partial charge in [-0.2, -0.15) is 0 Å². The average Bonchev–Trinajstić information content (AvgIpc) is 2.86. The lowest BCUT2D eigenvalue weighted by molar-refractivity contribution is -0.139. The van der Waals surface area contributed by atoms with Crippen molar-refractivity contribution in [3.05, 3.63) is 94.0 Å². The van der Waals surface area contributed by atoms with Gasteiger partial charge in [0.15, 0.2) is 0 Å². The number of rotatable bonds is 10. The van der Waals surface area contributed by atoms with Crippen LogP contribution in [-0.2, 0) is 26.2 Å². The first-order valence-corrected chi connectivity index (χ1v) is 14.2. The average molecular weight is 556 g/mol. The Labute approximate surface area is 230 Å². The zero-order valence-corrected chi connectivity index (χ0v) is 23.9. The van der Waals surface area contributed by atoms with Gasteiger partial charge in [-0.3, -0.25) is 13.9 Å². The summed E-state index contributed by atoms with van der Waals surface area (Å²) in [6.45, 7) is 9.07. The fraction of sp³-hybridized carbons (Fsp3) is 0.310. The van der Waals surface area contributed by atoms with E-state index in [1.807, 2.05) is 38.1 Å². The molecule has 3 aromatic carbocycles. The van der Waals surface area contributed by atoms with Crippen molar-refractivity contribution < 1.29 is 18.0 Å². The van der Waals surface area contributed by atoms with Gasteiger partial charge in [-0.25, -0.2) is 8.42 Å². The van der Waals surface area contributed by atoms with Crippen molar-refractivity contribution >= 4 is 39.1 Å². The van der Waals surface area contributed by atoms with E-state index in [0.29, 0.717) is 22.8 Å². The molecule has 1 N–H and O–H groups in total. The molecule has 0 heterocycles. The summed E-state index contributed by atoms with van der Waals surface area (Å²) in [5.41, 5.74) is 3.70. The van der Waals surface area contributed by atoms with Crippen LogP contribution in [0.5, 0.6) is 0 Å². The van der Waals surface area contributed by atoms with E-state index < -0.39 is 28.5 Å². The van der Waals surface area contributed by atoms with Crippen LogP contribution in [0.15, 0.2) is 71.6 Å². The lowest BCUT2D eigenvalue weighted by Crippen LogP contribution is -2.51. The summed E-state index contributed by atoms with van der Waals surface area (Å²) in [6.07, 6.45) is 0. The second-order valence-electron chi connectivity index (χ2n) is 9.34. The quantitative estimate of drug-likeness (QED) is 0.381. The molecule has 38 heavy (non-hydrogen) atoms. The first-order chi connectivity index (χ1) is 17.9. The van der Waals surface area contributed by atoms with Crippen molar-refractivity contribution in [2.75, 3.05) is 17.4 Å². The molecule has 0 radical (unpaired) electrons. The first-order valence-electron chi connectivity index (χ1n) is 12.4. The number of halogens is 1. The van der Waals surface area contributed by atoms with Crippen molar-refractivity contribution in [3.63, 3.8) is 0 Å². The minimum atomic E-state index is -4.13. The minimum Gasteiger partial charge on any atom is -0.355 e. The van der Waals surface area contributed by atoms with Crippen LogP contribution >= 0.6 is 11.6 Å². The fourth-order valence-corrected chi connectivity index (χ4v) is 5.87. The Bertz CT molecular complexity index is 1410. The normalized spacial score (nSPS) is 12.1. The number of nitrogens with one attached hydrogen (secondary N) is 1. The van der Waals surface area contributed by atoms with Gasteiger partial charge < -0.3 is 10.2 Å². The highest BCUT2D eigenvalue weighted by Gasteiger charge is 2.33. The first kappa shape index (κ1) is 29.2. The monoisotopic (exact) mass is 555 g/mol. The van der Waals surface area contributed by atoms with E-state index in [-0.39, 0.29) is 17.3 Å². The molecule has 3 rings (SSSR count). The predicted molar refractivity (Wildman–Crippen MR) is 152 cm³/mol. The minimum absolute atomic E-state index is 0.0623. The lowest BCUT2D eigenvalue weighted by atomic mass is 10.1. The predicted octanol–water partition coefficient (Wildman–Crippen LogP) is 5.01. The standard InChI is InChI=1S/C29H34ClN3O4S/c1-6-31-29(35)23(5)32(18-24-9-7-8-21(3)16-24)28(34)19-33(27-15-12-25(30)17-22(27)4)38(36,37)26-13-10-20(2)11-14-26/h7-17,23H,6,18-19H2,1-5H3,(H,31,35)/t23-/m0/s1. The van der Waals surface area contributed by atoms with Crippen LogP contribution in [0.2, 0.25) is 5.02 Å². The number of aryl methyl sites for hydroxylation is 3.